The Balaban J connectivity index is 1.74. The summed E-state index contributed by atoms with van der Waals surface area (Å²) in [6, 6.07) is 11.1. The maximum Gasteiger partial charge on any atom is 0.344 e. The highest BCUT2D eigenvalue weighted by Gasteiger charge is 2.50. The van der Waals surface area contributed by atoms with Gasteiger partial charge in [-0.05, 0) is 42.3 Å². The van der Waals surface area contributed by atoms with Crippen molar-refractivity contribution < 1.29 is 28.6 Å². The van der Waals surface area contributed by atoms with Gasteiger partial charge in [-0.15, -0.1) is 0 Å². The molecule has 30 heavy (non-hydrogen) atoms. The third-order valence-electron chi connectivity index (χ3n) is 4.89. The Bertz CT molecular complexity index is 992. The highest BCUT2D eigenvalue weighted by atomic mass is 16.5. The van der Waals surface area contributed by atoms with Gasteiger partial charge in [0.15, 0.2) is 11.5 Å². The lowest BCUT2D eigenvalue weighted by Gasteiger charge is -2.22. The Morgan fingerprint density at radius 1 is 1.03 bits per heavy atom. The highest BCUT2D eigenvalue weighted by Crippen LogP contribution is 2.30. The molecule has 2 aromatic carbocycles. The first-order valence-electron chi connectivity index (χ1n) is 9.14. The largest absolute Gasteiger partial charge is 0.497 e. The van der Waals surface area contributed by atoms with Crippen LogP contribution in [0.3, 0.4) is 0 Å². The summed E-state index contributed by atoms with van der Waals surface area (Å²) in [4.78, 5) is 37.9. The van der Waals surface area contributed by atoms with Crippen LogP contribution in [0.15, 0.2) is 42.5 Å². The summed E-state index contributed by atoms with van der Waals surface area (Å²) >= 11 is 0. The standard InChI is InChI=1S/C21H23N3O6/c1-21(14-6-5-7-15(12-14)28-2)19(26)24(20(27)22-21)23-18(25)11-13-8-9-16(29-3)17(10-13)30-4/h5-10,12H,11H2,1-4H3,(H,22,27)(H,23,25)/t21-/m1/s1. The summed E-state index contributed by atoms with van der Waals surface area (Å²) in [5.41, 5.74) is 2.22. The van der Waals surface area contributed by atoms with Gasteiger partial charge in [0.1, 0.15) is 11.3 Å². The Labute approximate surface area is 173 Å². The lowest BCUT2D eigenvalue weighted by molar-refractivity contribution is -0.138. The fourth-order valence-corrected chi connectivity index (χ4v) is 3.21. The van der Waals surface area contributed by atoms with Crippen LogP contribution in [0.1, 0.15) is 18.1 Å². The number of hydrogen-bond donors (Lipinski definition) is 2. The van der Waals surface area contributed by atoms with Gasteiger partial charge in [-0.2, -0.15) is 5.01 Å². The van der Waals surface area contributed by atoms with E-state index in [4.69, 9.17) is 14.2 Å². The molecule has 0 saturated carbocycles. The van der Waals surface area contributed by atoms with Crippen molar-refractivity contribution in [1.29, 1.82) is 0 Å². The number of rotatable bonds is 7. The zero-order valence-corrected chi connectivity index (χ0v) is 17.1. The molecule has 1 heterocycles. The van der Waals surface area contributed by atoms with Crippen molar-refractivity contribution in [2.75, 3.05) is 21.3 Å². The molecular weight excluding hydrogens is 390 g/mol. The van der Waals surface area contributed by atoms with Gasteiger partial charge in [-0.1, -0.05) is 18.2 Å². The quantitative estimate of drug-likeness (QED) is 0.670. The average Bonchev–Trinajstić information content (AvgIpc) is 2.97. The number of nitrogens with one attached hydrogen (secondary N) is 2. The van der Waals surface area contributed by atoms with Gasteiger partial charge in [0.05, 0.1) is 27.8 Å². The Morgan fingerprint density at radius 2 is 1.77 bits per heavy atom. The van der Waals surface area contributed by atoms with E-state index in [0.717, 1.165) is 0 Å². The smallest absolute Gasteiger partial charge is 0.344 e. The Hall–Kier alpha value is -3.75. The SMILES string of the molecule is COc1cccc([C@@]2(C)NC(=O)N(NC(=O)Cc3ccc(OC)c(OC)c3)C2=O)c1. The van der Waals surface area contributed by atoms with Crippen LogP contribution in [-0.2, 0) is 21.5 Å². The lowest BCUT2D eigenvalue weighted by atomic mass is 9.92. The number of imide groups is 1. The number of hydrazine groups is 1. The number of hydrogen-bond acceptors (Lipinski definition) is 6. The molecule has 2 N–H and O–H groups in total. The number of nitrogens with zero attached hydrogens (tertiary/aromatic N) is 1. The van der Waals surface area contributed by atoms with E-state index in [0.29, 0.717) is 33.4 Å². The number of amides is 4. The number of methoxy groups -OCH3 is 3. The van der Waals surface area contributed by atoms with Crippen LogP contribution in [0.5, 0.6) is 17.2 Å². The summed E-state index contributed by atoms with van der Waals surface area (Å²) in [5, 5.41) is 3.33. The second-order valence-electron chi connectivity index (χ2n) is 6.83. The maximum absolute atomic E-state index is 13.0. The molecule has 3 rings (SSSR count). The van der Waals surface area contributed by atoms with Gasteiger partial charge < -0.3 is 19.5 Å². The van der Waals surface area contributed by atoms with Gasteiger partial charge in [0, 0.05) is 0 Å². The first kappa shape index (κ1) is 21.0. The van der Waals surface area contributed by atoms with Crippen molar-refractivity contribution >= 4 is 17.8 Å². The predicted octanol–water partition coefficient (Wildman–Crippen LogP) is 1.75. The van der Waals surface area contributed by atoms with Crippen molar-refractivity contribution in [2.45, 2.75) is 18.9 Å². The number of carbonyl (C=O) groups excluding carboxylic acids is 3. The van der Waals surface area contributed by atoms with E-state index in [2.05, 4.69) is 10.7 Å². The average molecular weight is 413 g/mol. The molecule has 2 aromatic rings. The molecule has 9 nitrogen and oxygen atoms in total. The zero-order valence-electron chi connectivity index (χ0n) is 17.1. The maximum atomic E-state index is 13.0. The predicted molar refractivity (Wildman–Crippen MR) is 107 cm³/mol. The minimum Gasteiger partial charge on any atom is -0.497 e. The van der Waals surface area contributed by atoms with Crippen LogP contribution in [0, 0.1) is 0 Å². The molecule has 1 aliphatic heterocycles. The van der Waals surface area contributed by atoms with Gasteiger partial charge in [-0.25, -0.2) is 4.79 Å². The third kappa shape index (κ3) is 3.86. The van der Waals surface area contributed by atoms with Gasteiger partial charge in [0.25, 0.3) is 5.91 Å². The molecule has 4 amide bonds. The molecule has 0 aliphatic carbocycles. The second-order valence-corrected chi connectivity index (χ2v) is 6.83. The van der Waals surface area contributed by atoms with Crippen LogP contribution < -0.4 is 25.0 Å². The molecule has 0 spiro atoms. The number of carbonyl (C=O) groups is 3. The van der Waals surface area contributed by atoms with E-state index in [-0.39, 0.29) is 6.42 Å². The van der Waals surface area contributed by atoms with Crippen LogP contribution in [0.2, 0.25) is 0 Å². The van der Waals surface area contributed by atoms with E-state index >= 15 is 0 Å². The van der Waals surface area contributed by atoms with Crippen molar-refractivity contribution in [3.63, 3.8) is 0 Å². The summed E-state index contributed by atoms with van der Waals surface area (Å²) in [6.45, 7) is 1.57. The summed E-state index contributed by atoms with van der Waals surface area (Å²) < 4.78 is 15.6. The number of benzene rings is 2. The van der Waals surface area contributed by atoms with Crippen molar-refractivity contribution in [3.8, 4) is 17.2 Å². The first-order valence-corrected chi connectivity index (χ1v) is 9.14. The van der Waals surface area contributed by atoms with Crippen LogP contribution in [0.4, 0.5) is 4.79 Å². The van der Waals surface area contributed by atoms with Gasteiger partial charge in [-0.3, -0.25) is 15.0 Å². The van der Waals surface area contributed by atoms with Crippen LogP contribution in [-0.4, -0.2) is 44.2 Å². The summed E-state index contributed by atoms with van der Waals surface area (Å²) in [6.07, 6.45) is -0.0622. The molecule has 1 aliphatic rings. The van der Waals surface area contributed by atoms with Crippen LogP contribution in [0.25, 0.3) is 0 Å². The highest BCUT2D eigenvalue weighted by molar-refractivity contribution is 6.08. The normalized spacial score (nSPS) is 18.1. The van der Waals surface area contributed by atoms with E-state index in [1.54, 1.807) is 49.4 Å². The molecule has 0 unspecified atom stereocenters. The van der Waals surface area contributed by atoms with Gasteiger partial charge >= 0.3 is 6.03 Å². The number of urea groups is 1. The van der Waals surface area contributed by atoms with Gasteiger partial charge in [0.2, 0.25) is 5.91 Å². The zero-order chi connectivity index (χ0) is 21.9. The molecule has 0 bridgehead atoms. The molecule has 158 valence electrons. The fraction of sp³-hybridized carbons (Fsp3) is 0.286. The fourth-order valence-electron chi connectivity index (χ4n) is 3.21. The van der Waals surface area contributed by atoms with Crippen molar-refractivity contribution in [2.24, 2.45) is 0 Å². The van der Waals surface area contributed by atoms with Crippen molar-refractivity contribution in [1.82, 2.24) is 15.8 Å². The lowest BCUT2D eigenvalue weighted by Crippen LogP contribution is -2.48. The summed E-state index contributed by atoms with van der Waals surface area (Å²) in [7, 11) is 4.52. The molecule has 9 heteroatoms. The molecule has 0 radical (unpaired) electrons. The molecule has 0 aromatic heterocycles. The second kappa shape index (κ2) is 8.32. The van der Waals surface area contributed by atoms with Crippen LogP contribution >= 0.6 is 0 Å². The van der Waals surface area contributed by atoms with Crippen molar-refractivity contribution in [3.05, 3.63) is 53.6 Å². The van der Waals surface area contributed by atoms with E-state index in [9.17, 15) is 14.4 Å². The Morgan fingerprint density at radius 3 is 2.43 bits per heavy atom. The molecule has 1 fully saturated rings. The third-order valence-corrected chi connectivity index (χ3v) is 4.89. The minimum atomic E-state index is -1.33. The first-order chi connectivity index (χ1) is 14.3. The van der Waals surface area contributed by atoms with E-state index in [1.807, 2.05) is 0 Å². The molecule has 1 atom stereocenters. The molecule has 1 saturated heterocycles. The topological polar surface area (TPSA) is 106 Å². The van der Waals surface area contributed by atoms with E-state index in [1.165, 1.54) is 21.3 Å². The number of ether oxygens (including phenoxy) is 3. The molecular formula is C21H23N3O6. The summed E-state index contributed by atoms with van der Waals surface area (Å²) in [5.74, 6) is 0.432. The minimum absolute atomic E-state index is 0.0622. The Kier molecular flexibility index (Phi) is 5.81. The monoisotopic (exact) mass is 413 g/mol. The van der Waals surface area contributed by atoms with E-state index < -0.39 is 23.4 Å².